The lowest BCUT2D eigenvalue weighted by molar-refractivity contribution is 0.143. The molecular formula is C10H15N3O2. The van der Waals surface area contributed by atoms with E-state index < -0.39 is 0 Å². The average molecular weight is 209 g/mol. The van der Waals surface area contributed by atoms with E-state index in [0.717, 1.165) is 12.1 Å². The van der Waals surface area contributed by atoms with Gasteiger partial charge in [0.1, 0.15) is 5.84 Å². The quantitative estimate of drug-likeness (QED) is 0.238. The minimum atomic E-state index is 0.188. The normalized spacial score (nSPS) is 11.6. The Morgan fingerprint density at radius 3 is 3.00 bits per heavy atom. The zero-order valence-corrected chi connectivity index (χ0v) is 8.47. The molecule has 0 amide bonds. The van der Waals surface area contributed by atoms with Gasteiger partial charge in [-0.15, -0.1) is 0 Å². The largest absolute Gasteiger partial charge is 0.409 e. The van der Waals surface area contributed by atoms with Crippen molar-refractivity contribution in [2.45, 2.75) is 12.8 Å². The van der Waals surface area contributed by atoms with Crippen molar-refractivity contribution in [3.8, 4) is 0 Å². The number of hydrogen-bond donors (Lipinski definition) is 2. The van der Waals surface area contributed by atoms with Crippen molar-refractivity contribution in [2.24, 2.45) is 10.9 Å². The number of nitrogens with two attached hydrogens (primary N) is 1. The van der Waals surface area contributed by atoms with Crippen LogP contribution in [-0.4, -0.2) is 29.2 Å². The Labute approximate surface area is 88.6 Å². The highest BCUT2D eigenvalue weighted by atomic mass is 16.5. The van der Waals surface area contributed by atoms with Crippen LogP contribution >= 0.6 is 0 Å². The molecule has 15 heavy (non-hydrogen) atoms. The van der Waals surface area contributed by atoms with E-state index in [2.05, 4.69) is 10.1 Å². The monoisotopic (exact) mass is 209 g/mol. The fourth-order valence-electron chi connectivity index (χ4n) is 1.05. The maximum atomic E-state index is 8.27. The van der Waals surface area contributed by atoms with Gasteiger partial charge in [-0.3, -0.25) is 4.98 Å². The maximum absolute atomic E-state index is 8.27. The van der Waals surface area contributed by atoms with Crippen LogP contribution in [0, 0.1) is 0 Å². The molecule has 0 saturated carbocycles. The fraction of sp³-hybridized carbons (Fsp3) is 0.400. The van der Waals surface area contributed by atoms with Crippen LogP contribution in [0.25, 0.3) is 0 Å². The van der Waals surface area contributed by atoms with E-state index in [1.165, 1.54) is 0 Å². The molecule has 3 N–H and O–H groups in total. The van der Waals surface area contributed by atoms with E-state index in [9.17, 15) is 0 Å². The van der Waals surface area contributed by atoms with Crippen LogP contribution in [-0.2, 0) is 11.2 Å². The summed E-state index contributed by atoms with van der Waals surface area (Å²) >= 11 is 0. The smallest absolute Gasteiger partial charge is 0.141 e. The Morgan fingerprint density at radius 2 is 2.33 bits per heavy atom. The minimum Gasteiger partial charge on any atom is -0.409 e. The topological polar surface area (TPSA) is 80.7 Å². The van der Waals surface area contributed by atoms with Gasteiger partial charge in [-0.1, -0.05) is 11.2 Å². The lowest BCUT2D eigenvalue weighted by Gasteiger charge is -2.02. The zero-order chi connectivity index (χ0) is 10.9. The summed E-state index contributed by atoms with van der Waals surface area (Å²) in [6.45, 7) is 1.05. The van der Waals surface area contributed by atoms with Gasteiger partial charge in [-0.05, 0) is 12.1 Å². The highest BCUT2D eigenvalue weighted by molar-refractivity contribution is 5.79. The molecule has 0 radical (unpaired) electrons. The first-order chi connectivity index (χ1) is 7.33. The van der Waals surface area contributed by atoms with Crippen molar-refractivity contribution in [3.63, 3.8) is 0 Å². The molecule has 5 nitrogen and oxygen atoms in total. The average Bonchev–Trinajstić information content (AvgIpc) is 2.29. The number of rotatable bonds is 6. The molecule has 0 aromatic carbocycles. The Kier molecular flexibility index (Phi) is 5.18. The molecule has 1 rings (SSSR count). The summed E-state index contributed by atoms with van der Waals surface area (Å²) in [5.41, 5.74) is 6.28. The molecule has 82 valence electrons. The number of aromatic nitrogens is 1. The van der Waals surface area contributed by atoms with Crippen molar-refractivity contribution in [1.82, 2.24) is 4.98 Å². The van der Waals surface area contributed by atoms with Crippen molar-refractivity contribution in [2.75, 3.05) is 13.2 Å². The van der Waals surface area contributed by atoms with Crippen LogP contribution in [0.4, 0.5) is 0 Å². The van der Waals surface area contributed by atoms with Crippen molar-refractivity contribution in [3.05, 3.63) is 30.1 Å². The lowest BCUT2D eigenvalue weighted by Crippen LogP contribution is -2.15. The molecular weight excluding hydrogens is 194 g/mol. The van der Waals surface area contributed by atoms with Gasteiger partial charge in [0.25, 0.3) is 0 Å². The number of hydrogen-bond acceptors (Lipinski definition) is 4. The molecule has 1 aromatic rings. The van der Waals surface area contributed by atoms with Gasteiger partial charge in [0.2, 0.25) is 0 Å². The predicted octanol–water partition coefficient (Wildman–Crippen LogP) is 0.777. The van der Waals surface area contributed by atoms with Crippen molar-refractivity contribution >= 4 is 5.84 Å². The molecule has 0 atom stereocenters. The number of oxime groups is 1. The summed E-state index contributed by atoms with van der Waals surface area (Å²) in [7, 11) is 0. The molecule has 5 heteroatoms. The number of pyridine rings is 1. The number of ether oxygens (including phenoxy) is 1. The highest BCUT2D eigenvalue weighted by Gasteiger charge is 1.95. The van der Waals surface area contributed by atoms with Gasteiger partial charge in [0.15, 0.2) is 0 Å². The van der Waals surface area contributed by atoms with Gasteiger partial charge >= 0.3 is 0 Å². The predicted molar refractivity (Wildman–Crippen MR) is 56.8 cm³/mol. The molecule has 0 spiro atoms. The van der Waals surface area contributed by atoms with Crippen molar-refractivity contribution in [1.29, 1.82) is 0 Å². The summed E-state index contributed by atoms with van der Waals surface area (Å²) in [4.78, 5) is 4.16. The molecule has 0 aliphatic carbocycles. The summed E-state index contributed by atoms with van der Waals surface area (Å²) < 4.78 is 5.30. The van der Waals surface area contributed by atoms with E-state index in [4.69, 9.17) is 15.7 Å². The maximum Gasteiger partial charge on any atom is 0.141 e. The molecule has 1 aromatic heterocycles. The molecule has 0 saturated heterocycles. The zero-order valence-electron chi connectivity index (χ0n) is 8.47. The Bertz CT molecular complexity index is 301. The molecule has 0 bridgehead atoms. The van der Waals surface area contributed by atoms with E-state index >= 15 is 0 Å². The van der Waals surface area contributed by atoms with E-state index in [1.54, 1.807) is 6.20 Å². The van der Waals surface area contributed by atoms with Gasteiger partial charge in [-0.2, -0.15) is 0 Å². The second kappa shape index (κ2) is 6.78. The summed E-state index contributed by atoms with van der Waals surface area (Å²) in [6.07, 6.45) is 2.97. The summed E-state index contributed by atoms with van der Waals surface area (Å²) in [6, 6.07) is 5.77. The SMILES string of the molecule is N/C(CCOCCc1ccccn1)=N\O. The number of amidine groups is 1. The standard InChI is InChI=1S/C10H15N3O2/c11-10(13-14)5-8-15-7-4-9-3-1-2-6-12-9/h1-3,6,14H,4-5,7-8H2,(H2,11,13). The molecule has 0 aliphatic rings. The third-order valence-electron chi connectivity index (χ3n) is 1.86. The van der Waals surface area contributed by atoms with E-state index in [1.807, 2.05) is 18.2 Å². The van der Waals surface area contributed by atoms with Gasteiger partial charge < -0.3 is 15.7 Å². The third-order valence-corrected chi connectivity index (χ3v) is 1.86. The van der Waals surface area contributed by atoms with Crippen LogP contribution in [0.3, 0.4) is 0 Å². The Hall–Kier alpha value is -1.62. The van der Waals surface area contributed by atoms with Crippen molar-refractivity contribution < 1.29 is 9.94 Å². The first-order valence-corrected chi connectivity index (χ1v) is 4.77. The minimum absolute atomic E-state index is 0.188. The summed E-state index contributed by atoms with van der Waals surface area (Å²) in [5.74, 6) is 0.188. The molecule has 0 fully saturated rings. The Balaban J connectivity index is 2.08. The van der Waals surface area contributed by atoms with Crippen LogP contribution in [0.1, 0.15) is 12.1 Å². The van der Waals surface area contributed by atoms with Gasteiger partial charge in [-0.25, -0.2) is 0 Å². The highest BCUT2D eigenvalue weighted by Crippen LogP contribution is 1.95. The fourth-order valence-corrected chi connectivity index (χ4v) is 1.05. The lowest BCUT2D eigenvalue weighted by atomic mass is 10.3. The van der Waals surface area contributed by atoms with Crippen LogP contribution in [0.2, 0.25) is 0 Å². The first-order valence-electron chi connectivity index (χ1n) is 4.77. The van der Waals surface area contributed by atoms with Gasteiger partial charge in [0, 0.05) is 24.7 Å². The molecule has 0 aliphatic heterocycles. The van der Waals surface area contributed by atoms with E-state index in [0.29, 0.717) is 19.6 Å². The van der Waals surface area contributed by atoms with Crippen LogP contribution < -0.4 is 5.73 Å². The first kappa shape index (κ1) is 11.5. The second-order valence-electron chi connectivity index (χ2n) is 3.02. The van der Waals surface area contributed by atoms with Gasteiger partial charge in [0.05, 0.1) is 13.2 Å². The number of nitrogens with zero attached hydrogens (tertiary/aromatic N) is 2. The van der Waals surface area contributed by atoms with E-state index in [-0.39, 0.29) is 5.84 Å². The molecule has 0 unspecified atom stereocenters. The van der Waals surface area contributed by atoms with Crippen LogP contribution in [0.5, 0.6) is 0 Å². The van der Waals surface area contributed by atoms with Crippen LogP contribution in [0.15, 0.2) is 29.6 Å². The second-order valence-corrected chi connectivity index (χ2v) is 3.02. The molecule has 1 heterocycles. The summed E-state index contributed by atoms with van der Waals surface area (Å²) in [5, 5.41) is 11.1. The Morgan fingerprint density at radius 1 is 1.47 bits per heavy atom. The third kappa shape index (κ3) is 4.97.